The fourth-order valence-corrected chi connectivity index (χ4v) is 1.77. The Morgan fingerprint density at radius 1 is 1.11 bits per heavy atom. The summed E-state index contributed by atoms with van der Waals surface area (Å²) in [6.07, 6.45) is 0. The van der Waals surface area contributed by atoms with Crippen LogP contribution in [0.1, 0.15) is 11.1 Å². The average Bonchev–Trinajstić information content (AvgIpc) is 2.42. The molecule has 0 amide bonds. The first-order valence-electron chi connectivity index (χ1n) is 6.11. The number of anilines is 1. The summed E-state index contributed by atoms with van der Waals surface area (Å²) < 4.78 is 0. The lowest BCUT2D eigenvalue weighted by Gasteiger charge is -2.13. The largest absolute Gasteiger partial charge is 0.345 e. The van der Waals surface area contributed by atoms with Crippen molar-refractivity contribution in [3.05, 3.63) is 41.5 Å². The van der Waals surface area contributed by atoms with Crippen LogP contribution < -0.4 is 4.90 Å². The number of hydrogen-bond donors (Lipinski definition) is 0. The number of aromatic nitrogens is 2. The second kappa shape index (κ2) is 5.49. The summed E-state index contributed by atoms with van der Waals surface area (Å²) in [5, 5.41) is 17.0. The van der Waals surface area contributed by atoms with E-state index in [2.05, 4.69) is 42.2 Å². The standard InChI is InChI=1S/C15H16N4/c1-11-4-5-13(10-12(11)2)14-6-7-15(18-17-14)19(3)9-8-16/h4-7,10H,9H2,1-3H3. The minimum absolute atomic E-state index is 0.303. The Kier molecular flexibility index (Phi) is 3.76. The summed E-state index contributed by atoms with van der Waals surface area (Å²) in [7, 11) is 1.82. The molecule has 19 heavy (non-hydrogen) atoms. The van der Waals surface area contributed by atoms with Crippen LogP contribution in [0.5, 0.6) is 0 Å². The Morgan fingerprint density at radius 2 is 1.89 bits per heavy atom. The summed E-state index contributed by atoms with van der Waals surface area (Å²) >= 11 is 0. The first-order valence-corrected chi connectivity index (χ1v) is 6.11. The van der Waals surface area contributed by atoms with Crippen LogP contribution in [-0.4, -0.2) is 23.8 Å². The van der Waals surface area contributed by atoms with E-state index in [4.69, 9.17) is 5.26 Å². The minimum atomic E-state index is 0.303. The Balaban J connectivity index is 2.27. The van der Waals surface area contributed by atoms with Crippen LogP contribution in [0, 0.1) is 25.2 Å². The van der Waals surface area contributed by atoms with E-state index in [1.165, 1.54) is 11.1 Å². The Labute approximate surface area is 113 Å². The van der Waals surface area contributed by atoms with E-state index < -0.39 is 0 Å². The normalized spacial score (nSPS) is 10.0. The van der Waals surface area contributed by atoms with E-state index in [9.17, 15) is 0 Å². The van der Waals surface area contributed by atoms with Gasteiger partial charge in [0.15, 0.2) is 5.82 Å². The average molecular weight is 252 g/mol. The molecule has 96 valence electrons. The van der Waals surface area contributed by atoms with Gasteiger partial charge in [0.25, 0.3) is 0 Å². The van der Waals surface area contributed by atoms with Gasteiger partial charge in [0.2, 0.25) is 0 Å². The SMILES string of the molecule is Cc1ccc(-c2ccc(N(C)CC#N)nn2)cc1C. The van der Waals surface area contributed by atoms with E-state index >= 15 is 0 Å². The molecule has 4 heteroatoms. The van der Waals surface area contributed by atoms with Gasteiger partial charge < -0.3 is 4.90 Å². The van der Waals surface area contributed by atoms with Crippen LogP contribution in [0.25, 0.3) is 11.3 Å². The van der Waals surface area contributed by atoms with Gasteiger partial charge in [-0.1, -0.05) is 12.1 Å². The van der Waals surface area contributed by atoms with Crippen LogP contribution in [0.3, 0.4) is 0 Å². The van der Waals surface area contributed by atoms with Crippen LogP contribution in [0.4, 0.5) is 5.82 Å². The molecule has 0 fully saturated rings. The van der Waals surface area contributed by atoms with Crippen molar-refractivity contribution in [1.82, 2.24) is 10.2 Å². The topological polar surface area (TPSA) is 52.8 Å². The summed E-state index contributed by atoms with van der Waals surface area (Å²) in [5.74, 6) is 0.703. The molecule has 0 atom stereocenters. The maximum absolute atomic E-state index is 8.65. The molecule has 0 aliphatic heterocycles. The molecule has 0 saturated carbocycles. The summed E-state index contributed by atoms with van der Waals surface area (Å²) in [6.45, 7) is 4.48. The van der Waals surface area contributed by atoms with Crippen LogP contribution in [-0.2, 0) is 0 Å². The van der Waals surface area contributed by atoms with Gasteiger partial charge in [0.1, 0.15) is 6.54 Å². The van der Waals surface area contributed by atoms with E-state index in [0.717, 1.165) is 11.3 Å². The summed E-state index contributed by atoms with van der Waals surface area (Å²) in [5.41, 5.74) is 4.41. The lowest BCUT2D eigenvalue weighted by atomic mass is 10.0. The van der Waals surface area contributed by atoms with Crippen molar-refractivity contribution in [2.45, 2.75) is 13.8 Å². The highest BCUT2D eigenvalue weighted by Crippen LogP contribution is 2.20. The van der Waals surface area contributed by atoms with Gasteiger partial charge >= 0.3 is 0 Å². The van der Waals surface area contributed by atoms with Gasteiger partial charge in [-0.15, -0.1) is 10.2 Å². The molecule has 0 N–H and O–H groups in total. The zero-order chi connectivity index (χ0) is 13.8. The fourth-order valence-electron chi connectivity index (χ4n) is 1.77. The Hall–Kier alpha value is -2.41. The van der Waals surface area contributed by atoms with Gasteiger partial charge in [-0.3, -0.25) is 0 Å². The third-order valence-electron chi connectivity index (χ3n) is 3.15. The first-order chi connectivity index (χ1) is 9.11. The van der Waals surface area contributed by atoms with Gasteiger partial charge in [0, 0.05) is 12.6 Å². The molecule has 0 unspecified atom stereocenters. The first kappa shape index (κ1) is 13.0. The monoisotopic (exact) mass is 252 g/mol. The lowest BCUT2D eigenvalue weighted by molar-refractivity contribution is 0.934. The number of rotatable bonds is 3. The fraction of sp³-hybridized carbons (Fsp3) is 0.267. The van der Waals surface area contributed by atoms with E-state index in [1.807, 2.05) is 25.2 Å². The smallest absolute Gasteiger partial charge is 0.151 e. The second-order valence-electron chi connectivity index (χ2n) is 4.59. The highest BCUT2D eigenvalue weighted by Gasteiger charge is 2.05. The van der Waals surface area contributed by atoms with Crippen molar-refractivity contribution in [1.29, 1.82) is 5.26 Å². The molecule has 0 saturated heterocycles. The van der Waals surface area contributed by atoms with Crippen molar-refractivity contribution in [3.63, 3.8) is 0 Å². The zero-order valence-electron chi connectivity index (χ0n) is 11.4. The van der Waals surface area contributed by atoms with Gasteiger partial charge in [-0.25, -0.2) is 0 Å². The van der Waals surface area contributed by atoms with Crippen molar-refractivity contribution in [2.75, 3.05) is 18.5 Å². The van der Waals surface area contributed by atoms with Gasteiger partial charge in [-0.2, -0.15) is 5.26 Å². The number of benzene rings is 1. The predicted molar refractivity (Wildman–Crippen MR) is 75.8 cm³/mol. The summed E-state index contributed by atoms with van der Waals surface area (Å²) in [6, 6.07) is 12.1. The van der Waals surface area contributed by atoms with Crippen molar-refractivity contribution >= 4 is 5.82 Å². The molecule has 1 aromatic heterocycles. The molecule has 1 aromatic carbocycles. The van der Waals surface area contributed by atoms with E-state index in [-0.39, 0.29) is 0 Å². The van der Waals surface area contributed by atoms with E-state index in [0.29, 0.717) is 12.4 Å². The maximum atomic E-state index is 8.65. The summed E-state index contributed by atoms with van der Waals surface area (Å²) in [4.78, 5) is 1.76. The molecule has 2 aromatic rings. The molecular formula is C15H16N4. The molecule has 4 nitrogen and oxygen atoms in total. The van der Waals surface area contributed by atoms with Crippen molar-refractivity contribution < 1.29 is 0 Å². The van der Waals surface area contributed by atoms with Crippen molar-refractivity contribution in [2.24, 2.45) is 0 Å². The molecule has 1 heterocycles. The van der Waals surface area contributed by atoms with Crippen LogP contribution in [0.15, 0.2) is 30.3 Å². The number of hydrogen-bond acceptors (Lipinski definition) is 4. The number of nitriles is 1. The van der Waals surface area contributed by atoms with E-state index in [1.54, 1.807) is 4.90 Å². The van der Waals surface area contributed by atoms with Crippen LogP contribution >= 0.6 is 0 Å². The molecule has 0 aliphatic rings. The third kappa shape index (κ3) is 2.89. The molecular weight excluding hydrogens is 236 g/mol. The third-order valence-corrected chi connectivity index (χ3v) is 3.15. The minimum Gasteiger partial charge on any atom is -0.345 e. The second-order valence-corrected chi connectivity index (χ2v) is 4.59. The van der Waals surface area contributed by atoms with Gasteiger partial charge in [0.05, 0.1) is 11.8 Å². The molecule has 0 radical (unpaired) electrons. The Bertz CT molecular complexity index is 611. The number of nitrogens with zero attached hydrogens (tertiary/aromatic N) is 4. The molecule has 0 aliphatic carbocycles. The Morgan fingerprint density at radius 3 is 2.47 bits per heavy atom. The predicted octanol–water partition coefficient (Wildman–Crippen LogP) is 2.72. The number of aryl methyl sites for hydroxylation is 2. The zero-order valence-corrected chi connectivity index (χ0v) is 11.4. The highest BCUT2D eigenvalue weighted by atomic mass is 15.2. The quantitative estimate of drug-likeness (QED) is 0.788. The molecule has 0 bridgehead atoms. The maximum Gasteiger partial charge on any atom is 0.151 e. The lowest BCUT2D eigenvalue weighted by Crippen LogP contribution is -2.18. The van der Waals surface area contributed by atoms with Crippen LogP contribution in [0.2, 0.25) is 0 Å². The molecule has 2 rings (SSSR count). The molecule has 0 spiro atoms. The van der Waals surface area contributed by atoms with Crippen molar-refractivity contribution in [3.8, 4) is 17.3 Å². The highest BCUT2D eigenvalue weighted by molar-refractivity contribution is 5.61. The van der Waals surface area contributed by atoms with Gasteiger partial charge in [-0.05, 0) is 43.2 Å².